The van der Waals surface area contributed by atoms with Crippen molar-refractivity contribution in [2.75, 3.05) is 92.4 Å². The number of Topliss-reactive ketones (excluding diaryl/α,β-unsaturated/α-hetero) is 5. The normalized spacial score (nSPS) is 24.2. The molecule has 0 radical (unpaired) electrons. The number of aliphatic carboxylic acids is 1. The number of ketones is 5. The van der Waals surface area contributed by atoms with Crippen LogP contribution >= 0.6 is 0 Å². The number of unbranched alkanes of at least 4 members (excludes halogenated alkanes) is 14. The summed E-state index contributed by atoms with van der Waals surface area (Å²) in [6.07, 6.45) is 17.0. The van der Waals surface area contributed by atoms with E-state index >= 15 is 0 Å². The molecule has 0 bridgehead atoms. The first-order chi connectivity index (χ1) is 54.0. The van der Waals surface area contributed by atoms with Gasteiger partial charge < -0.3 is 72.6 Å². The first-order valence-corrected chi connectivity index (χ1v) is 43.3. The van der Waals surface area contributed by atoms with Crippen molar-refractivity contribution in [3.8, 4) is 0 Å². The lowest BCUT2D eigenvalue weighted by molar-refractivity contribution is -0.255. The van der Waals surface area contributed by atoms with Crippen LogP contribution in [0.5, 0.6) is 0 Å². The Kier molecular flexibility index (Phi) is 54.4. The van der Waals surface area contributed by atoms with Gasteiger partial charge in [0.25, 0.3) is 0 Å². The average Bonchev–Trinajstić information content (AvgIpc) is 0.800. The highest BCUT2D eigenvalue weighted by Gasteiger charge is 2.43. The predicted octanol–water partition coefficient (Wildman–Crippen LogP) is 14.1. The Balaban J connectivity index is 1.53. The number of hydrogen-bond acceptors (Lipinski definition) is 23. The van der Waals surface area contributed by atoms with Gasteiger partial charge in [-0.05, 0) is 119 Å². The van der Waals surface area contributed by atoms with Crippen LogP contribution in [0.4, 0.5) is 0 Å². The summed E-state index contributed by atoms with van der Waals surface area (Å²) < 4.78 is 71.4. The molecule has 3 rings (SSSR count). The molecule has 26 nitrogen and oxygen atoms in total. The van der Waals surface area contributed by atoms with E-state index in [9.17, 15) is 52.7 Å². The molecule has 0 aromatic heterocycles. The average molecular weight is 1610 g/mol. The number of nitrogens with one attached hydrogen (secondary N) is 2. The van der Waals surface area contributed by atoms with Gasteiger partial charge in [-0.3, -0.25) is 52.7 Å². The second-order valence-corrected chi connectivity index (χ2v) is 32.9. The zero-order valence-electron chi connectivity index (χ0n) is 71.4. The van der Waals surface area contributed by atoms with Gasteiger partial charge in [-0.2, -0.15) is 0 Å². The maximum Gasteiger partial charge on any atom is 0.303 e. The lowest BCUT2D eigenvalue weighted by atomic mass is 9.79. The highest BCUT2D eigenvalue weighted by atomic mass is 16.7. The van der Waals surface area contributed by atoms with Crippen molar-refractivity contribution in [1.29, 1.82) is 0 Å². The fourth-order valence-electron chi connectivity index (χ4n) is 14.7. The van der Waals surface area contributed by atoms with E-state index in [1.54, 1.807) is 0 Å². The third-order valence-corrected chi connectivity index (χ3v) is 23.4. The summed E-state index contributed by atoms with van der Waals surface area (Å²) in [4.78, 5) is 137. The molecule has 3 fully saturated rings. The van der Waals surface area contributed by atoms with E-state index in [0.29, 0.717) is 186 Å². The molecule has 2 amide bonds. The van der Waals surface area contributed by atoms with Crippen LogP contribution in [-0.4, -0.2) is 199 Å². The lowest BCUT2D eigenvalue weighted by Gasteiger charge is -2.43. The first-order valence-electron chi connectivity index (χ1n) is 43.3. The number of carboxylic acids is 1. The molecule has 0 spiro atoms. The lowest BCUT2D eigenvalue weighted by Crippen LogP contribution is -2.47. The Morgan fingerprint density at radius 3 is 0.912 bits per heavy atom. The molecule has 0 aromatic rings. The van der Waals surface area contributed by atoms with E-state index in [1.165, 1.54) is 20.8 Å². The topological polar surface area (TPSA) is 343 Å². The van der Waals surface area contributed by atoms with Crippen LogP contribution in [0.25, 0.3) is 0 Å². The highest BCUT2D eigenvalue weighted by molar-refractivity contribution is 5.81. The minimum absolute atomic E-state index is 0.000424. The minimum atomic E-state index is -1.04. The second-order valence-electron chi connectivity index (χ2n) is 32.9. The van der Waals surface area contributed by atoms with Gasteiger partial charge in [0.1, 0.15) is 48.7 Å². The van der Waals surface area contributed by atoms with Gasteiger partial charge in [0, 0.05) is 160 Å². The SMILES string of the molecule is CC(=O)OCC1OC(OCCCCC(=O)CCCCCC(=O)CCOCC(COCCC(=O)CCCCCC(=O)CCCCOC2OC(COC(C)=O)C(C)C(C)C2C)(COCCC(=O)NCCCNC(=O)CCCCOC2OC(COC(C)=O)C(C)C(C)C2C)CC(=O)CCCCCCCCCCC(=O)O)C(C)C(C)C1C. The molecule has 3 aliphatic rings. The van der Waals surface area contributed by atoms with E-state index in [-0.39, 0.29) is 204 Å². The quantitative estimate of drug-likeness (QED) is 0.0289. The fraction of sp³-hybridized carbons (Fsp3) is 0.874. The maximum atomic E-state index is 14.1. The van der Waals surface area contributed by atoms with Crippen LogP contribution in [0.2, 0.25) is 0 Å². The number of hydrogen-bond donors (Lipinski definition) is 3. The number of amides is 2. The van der Waals surface area contributed by atoms with Crippen molar-refractivity contribution in [1.82, 2.24) is 10.6 Å². The molecule has 0 aromatic carbocycles. The van der Waals surface area contributed by atoms with Crippen LogP contribution < -0.4 is 10.6 Å². The summed E-state index contributed by atoms with van der Waals surface area (Å²) in [6.45, 7) is 25.9. The Bertz CT molecular complexity index is 2490. The molecule has 15 atom stereocenters. The molecule has 3 N–H and O–H groups in total. The van der Waals surface area contributed by atoms with E-state index < -0.39 is 30.3 Å². The Morgan fingerprint density at radius 2 is 0.575 bits per heavy atom. The number of carboxylic acid groups (broad SMARTS) is 1. The van der Waals surface area contributed by atoms with E-state index in [0.717, 1.165) is 51.4 Å². The van der Waals surface area contributed by atoms with Crippen LogP contribution in [0.3, 0.4) is 0 Å². The number of esters is 3. The zero-order valence-corrected chi connectivity index (χ0v) is 71.4. The van der Waals surface area contributed by atoms with Crippen molar-refractivity contribution in [3.63, 3.8) is 0 Å². The molecule has 3 aliphatic heterocycles. The molecule has 113 heavy (non-hydrogen) atoms. The van der Waals surface area contributed by atoms with Crippen molar-refractivity contribution in [2.24, 2.45) is 58.7 Å². The van der Waals surface area contributed by atoms with Gasteiger partial charge in [0.05, 0.1) is 58.0 Å². The van der Waals surface area contributed by atoms with Gasteiger partial charge in [-0.15, -0.1) is 0 Å². The van der Waals surface area contributed by atoms with Crippen LogP contribution in [-0.2, 0) is 110 Å². The van der Waals surface area contributed by atoms with Gasteiger partial charge in [0.15, 0.2) is 18.9 Å². The number of carbonyl (C=O) groups is 11. The van der Waals surface area contributed by atoms with Crippen LogP contribution in [0, 0.1) is 58.7 Å². The summed E-state index contributed by atoms with van der Waals surface area (Å²) in [6, 6.07) is 0. The van der Waals surface area contributed by atoms with Gasteiger partial charge in [-0.25, -0.2) is 0 Å². The molecule has 3 heterocycles. The van der Waals surface area contributed by atoms with Gasteiger partial charge in [-0.1, -0.05) is 114 Å². The molecule has 26 heteroatoms. The molecule has 3 saturated heterocycles. The summed E-state index contributed by atoms with van der Waals surface area (Å²) in [5.41, 5.74) is -1.04. The van der Waals surface area contributed by atoms with Gasteiger partial charge >= 0.3 is 23.9 Å². The number of ether oxygens (including phenoxy) is 12. The van der Waals surface area contributed by atoms with Gasteiger partial charge in [0.2, 0.25) is 11.8 Å². The minimum Gasteiger partial charge on any atom is -0.481 e. The Labute approximate surface area is 676 Å². The summed E-state index contributed by atoms with van der Waals surface area (Å²) in [5, 5.41) is 14.8. The summed E-state index contributed by atoms with van der Waals surface area (Å²) in [7, 11) is 0. The number of rotatable bonds is 68. The fourth-order valence-corrected chi connectivity index (χ4v) is 14.7. The molecular formula is C87H150N2O24. The molecule has 652 valence electrons. The Morgan fingerprint density at radius 1 is 0.301 bits per heavy atom. The first kappa shape index (κ1) is 102. The molecule has 0 aliphatic carbocycles. The molecule has 15 unspecified atom stereocenters. The smallest absolute Gasteiger partial charge is 0.303 e. The van der Waals surface area contributed by atoms with E-state index in [1.807, 2.05) is 0 Å². The van der Waals surface area contributed by atoms with E-state index in [2.05, 4.69) is 72.9 Å². The maximum absolute atomic E-state index is 14.1. The Hall–Kier alpha value is -5.19. The van der Waals surface area contributed by atoms with Crippen molar-refractivity contribution >= 4 is 64.6 Å². The standard InChI is InChI=1S/C87H150N2O24/c1-61-64(4)78(55-108-70(10)90)111-84(67(61)7)105-48-30-27-38-73(93)34-22-19-24-36-75(95)43-51-102-58-87(54-77(97)40-21-17-15-13-14-16-18-26-42-83(100)101,59-103-52-44-76(96)37-25-20-23-35-74(94)39-28-31-49-106-85-68(8)62(2)65(5)79(112-85)56-109-71(11)91)60-104-53-45-82(99)89-47-33-46-88-81(98)41-29-32-50-107-86-69(9)63(3)66(6)80(113-86)57-110-72(12)92/h61-69,78-80,84-86H,13-60H2,1-12H3,(H,88,98)(H,89,99)(H,100,101). The van der Waals surface area contributed by atoms with E-state index in [4.69, 9.17) is 61.9 Å². The van der Waals surface area contributed by atoms with Crippen LogP contribution in [0.15, 0.2) is 0 Å². The third kappa shape index (κ3) is 45.9. The van der Waals surface area contributed by atoms with Crippen molar-refractivity contribution in [2.45, 2.75) is 339 Å². The third-order valence-electron chi connectivity index (χ3n) is 23.4. The monoisotopic (exact) mass is 1610 g/mol. The molecular weight excluding hydrogens is 1460 g/mol. The second kappa shape index (κ2) is 60.3. The largest absolute Gasteiger partial charge is 0.481 e. The zero-order chi connectivity index (χ0) is 83.4. The number of carbonyl (C=O) groups excluding carboxylic acids is 10. The van der Waals surface area contributed by atoms with Crippen LogP contribution in [0.1, 0.15) is 301 Å². The van der Waals surface area contributed by atoms with Crippen molar-refractivity contribution in [3.05, 3.63) is 0 Å². The summed E-state index contributed by atoms with van der Waals surface area (Å²) in [5.74, 6) is 0.105. The highest BCUT2D eigenvalue weighted by Crippen LogP contribution is 2.39. The summed E-state index contributed by atoms with van der Waals surface area (Å²) >= 11 is 0. The molecule has 0 saturated carbocycles. The predicted molar refractivity (Wildman–Crippen MR) is 427 cm³/mol. The van der Waals surface area contributed by atoms with Crippen molar-refractivity contribution < 1.29 is 115 Å².